The molecule has 0 spiro atoms. The predicted octanol–water partition coefficient (Wildman–Crippen LogP) is 3.43. The van der Waals surface area contributed by atoms with Crippen LogP contribution < -0.4 is 5.76 Å². The summed E-state index contributed by atoms with van der Waals surface area (Å²) in [5.41, 5.74) is 3.01. The van der Waals surface area contributed by atoms with E-state index in [4.69, 9.17) is 4.42 Å². The molecule has 0 radical (unpaired) electrons. The molecule has 0 saturated carbocycles. The number of aromatic nitrogens is 1. The van der Waals surface area contributed by atoms with Gasteiger partial charge in [0.1, 0.15) is 0 Å². The van der Waals surface area contributed by atoms with E-state index >= 15 is 0 Å². The first-order valence-electron chi connectivity index (χ1n) is 7.33. The number of aryl methyl sites for hydroxylation is 2. The van der Waals surface area contributed by atoms with Crippen LogP contribution in [0, 0.1) is 0 Å². The van der Waals surface area contributed by atoms with Crippen LogP contribution in [-0.4, -0.2) is 10.4 Å². The first-order chi connectivity index (χ1) is 10.6. The summed E-state index contributed by atoms with van der Waals surface area (Å²) >= 11 is 0. The number of hydrogen-bond donors (Lipinski definition) is 0. The van der Waals surface area contributed by atoms with Gasteiger partial charge in [0.05, 0.1) is 5.52 Å². The van der Waals surface area contributed by atoms with Crippen LogP contribution in [0.5, 0.6) is 0 Å². The molecule has 0 atom stereocenters. The van der Waals surface area contributed by atoms with Crippen molar-refractivity contribution in [3.8, 4) is 0 Å². The van der Waals surface area contributed by atoms with Gasteiger partial charge in [0.2, 0.25) is 0 Å². The summed E-state index contributed by atoms with van der Waals surface area (Å²) in [6, 6.07) is 15.3. The number of carbonyl (C=O) groups is 1. The zero-order valence-electron chi connectivity index (χ0n) is 12.4. The molecule has 0 aliphatic carbocycles. The molecule has 4 heteroatoms. The zero-order valence-corrected chi connectivity index (χ0v) is 12.4. The Balaban J connectivity index is 1.80. The van der Waals surface area contributed by atoms with Crippen molar-refractivity contribution in [3.63, 3.8) is 0 Å². The van der Waals surface area contributed by atoms with Crippen molar-refractivity contribution < 1.29 is 9.21 Å². The second-order valence-corrected chi connectivity index (χ2v) is 5.35. The number of ketones is 1. The fourth-order valence-electron chi connectivity index (χ4n) is 2.58. The lowest BCUT2D eigenvalue weighted by Gasteiger charge is -2.03. The van der Waals surface area contributed by atoms with E-state index in [0.717, 1.165) is 18.4 Å². The van der Waals surface area contributed by atoms with Gasteiger partial charge in [-0.1, -0.05) is 30.3 Å². The van der Waals surface area contributed by atoms with Crippen LogP contribution in [0.15, 0.2) is 57.7 Å². The Morgan fingerprint density at radius 3 is 2.64 bits per heavy atom. The molecule has 0 aliphatic heterocycles. The van der Waals surface area contributed by atoms with Crippen LogP contribution in [0.3, 0.4) is 0 Å². The van der Waals surface area contributed by atoms with E-state index in [9.17, 15) is 9.59 Å². The van der Waals surface area contributed by atoms with E-state index < -0.39 is 0 Å². The topological polar surface area (TPSA) is 52.2 Å². The van der Waals surface area contributed by atoms with Crippen LogP contribution >= 0.6 is 0 Å². The Morgan fingerprint density at radius 2 is 1.91 bits per heavy atom. The van der Waals surface area contributed by atoms with E-state index in [1.165, 1.54) is 12.5 Å². The van der Waals surface area contributed by atoms with Crippen LogP contribution in [0.1, 0.15) is 29.3 Å². The summed E-state index contributed by atoms with van der Waals surface area (Å²) in [5.74, 6) is -0.412. The average molecular weight is 295 g/mol. The highest BCUT2D eigenvalue weighted by atomic mass is 16.4. The lowest BCUT2D eigenvalue weighted by molar-refractivity contribution is 0.101. The molecule has 1 aromatic heterocycles. The maximum Gasteiger partial charge on any atom is 0.419 e. The van der Waals surface area contributed by atoms with Crippen molar-refractivity contribution in [2.45, 2.75) is 26.3 Å². The van der Waals surface area contributed by atoms with Crippen LogP contribution in [0.2, 0.25) is 0 Å². The molecular formula is C18H17NO3. The summed E-state index contributed by atoms with van der Waals surface area (Å²) in [7, 11) is 0. The number of oxazole rings is 1. The summed E-state index contributed by atoms with van der Waals surface area (Å²) in [5, 5.41) is 0. The molecule has 2 aromatic carbocycles. The Morgan fingerprint density at radius 1 is 1.14 bits per heavy atom. The minimum Gasteiger partial charge on any atom is -0.408 e. The molecule has 112 valence electrons. The minimum atomic E-state index is -0.372. The highest BCUT2D eigenvalue weighted by molar-refractivity contribution is 5.96. The normalized spacial score (nSPS) is 11.0. The highest BCUT2D eigenvalue weighted by Crippen LogP contribution is 2.16. The maximum absolute atomic E-state index is 12.0. The van der Waals surface area contributed by atoms with Crippen molar-refractivity contribution in [1.82, 2.24) is 4.57 Å². The van der Waals surface area contributed by atoms with Gasteiger partial charge in [-0.05, 0) is 43.5 Å². The van der Waals surface area contributed by atoms with Gasteiger partial charge in [-0.2, -0.15) is 0 Å². The average Bonchev–Trinajstić information content (AvgIpc) is 2.83. The molecule has 0 amide bonds. The Kier molecular flexibility index (Phi) is 3.92. The zero-order chi connectivity index (χ0) is 15.5. The number of Topliss-reactive ketones (excluding diaryl/α,β-unsaturated/α-hetero) is 1. The summed E-state index contributed by atoms with van der Waals surface area (Å²) < 4.78 is 6.87. The molecule has 0 aliphatic rings. The molecule has 3 aromatic rings. The fraction of sp³-hybridized carbons (Fsp3) is 0.222. The van der Waals surface area contributed by atoms with Gasteiger partial charge < -0.3 is 4.42 Å². The van der Waals surface area contributed by atoms with Gasteiger partial charge >= 0.3 is 5.76 Å². The van der Waals surface area contributed by atoms with Gasteiger partial charge in [0.25, 0.3) is 0 Å². The quantitative estimate of drug-likeness (QED) is 0.678. The largest absolute Gasteiger partial charge is 0.419 e. The van der Waals surface area contributed by atoms with E-state index in [1.807, 2.05) is 18.2 Å². The van der Waals surface area contributed by atoms with Crippen molar-refractivity contribution in [1.29, 1.82) is 0 Å². The summed E-state index contributed by atoms with van der Waals surface area (Å²) in [6.45, 7) is 2.09. The van der Waals surface area contributed by atoms with Crippen molar-refractivity contribution in [2.75, 3.05) is 0 Å². The van der Waals surface area contributed by atoms with Crippen molar-refractivity contribution in [3.05, 3.63) is 70.2 Å². The molecule has 0 bridgehead atoms. The third-order valence-electron chi connectivity index (χ3n) is 3.76. The fourth-order valence-corrected chi connectivity index (χ4v) is 2.58. The number of benzene rings is 2. The SMILES string of the molecule is CC(=O)c1ccc2c(c1)oc(=O)n2CCCc1ccccc1. The predicted molar refractivity (Wildman–Crippen MR) is 85.2 cm³/mol. The molecule has 4 nitrogen and oxygen atoms in total. The van der Waals surface area contributed by atoms with E-state index in [2.05, 4.69) is 12.1 Å². The Hall–Kier alpha value is -2.62. The van der Waals surface area contributed by atoms with Crippen molar-refractivity contribution in [2.24, 2.45) is 0 Å². The second-order valence-electron chi connectivity index (χ2n) is 5.35. The van der Waals surface area contributed by atoms with Gasteiger partial charge in [0, 0.05) is 12.1 Å². The van der Waals surface area contributed by atoms with Gasteiger partial charge in [-0.15, -0.1) is 0 Å². The van der Waals surface area contributed by atoms with Crippen LogP contribution in [-0.2, 0) is 13.0 Å². The molecular weight excluding hydrogens is 278 g/mol. The number of nitrogens with zero attached hydrogens (tertiary/aromatic N) is 1. The minimum absolute atomic E-state index is 0.0404. The van der Waals surface area contributed by atoms with Crippen LogP contribution in [0.25, 0.3) is 11.1 Å². The van der Waals surface area contributed by atoms with E-state index in [-0.39, 0.29) is 11.5 Å². The molecule has 0 N–H and O–H groups in total. The molecule has 3 rings (SSSR count). The lowest BCUT2D eigenvalue weighted by atomic mass is 10.1. The number of carbonyl (C=O) groups excluding carboxylic acids is 1. The maximum atomic E-state index is 12.0. The monoisotopic (exact) mass is 295 g/mol. The number of fused-ring (bicyclic) bond motifs is 1. The Labute approximate surface area is 128 Å². The first-order valence-corrected chi connectivity index (χ1v) is 7.33. The number of rotatable bonds is 5. The first kappa shape index (κ1) is 14.3. The van der Waals surface area contributed by atoms with Gasteiger partial charge in [-0.25, -0.2) is 4.79 Å². The summed E-state index contributed by atoms with van der Waals surface area (Å²) in [6.07, 6.45) is 1.76. The molecule has 22 heavy (non-hydrogen) atoms. The molecule has 0 saturated heterocycles. The standard InChI is InChI=1S/C18H17NO3/c1-13(20)15-9-10-16-17(12-15)22-18(21)19(16)11-5-8-14-6-3-2-4-7-14/h2-4,6-7,9-10,12H,5,8,11H2,1H3. The Bertz CT molecular complexity index is 859. The van der Waals surface area contributed by atoms with Gasteiger partial charge in [-0.3, -0.25) is 9.36 Å². The molecule has 0 fully saturated rings. The highest BCUT2D eigenvalue weighted by Gasteiger charge is 2.11. The molecule has 1 heterocycles. The van der Waals surface area contributed by atoms with Gasteiger partial charge in [0.15, 0.2) is 11.4 Å². The third kappa shape index (κ3) is 2.86. The molecule has 0 unspecified atom stereocenters. The lowest BCUT2D eigenvalue weighted by Crippen LogP contribution is -2.14. The number of hydrogen-bond acceptors (Lipinski definition) is 3. The summed E-state index contributed by atoms with van der Waals surface area (Å²) in [4.78, 5) is 23.4. The van der Waals surface area contributed by atoms with E-state index in [0.29, 0.717) is 17.7 Å². The van der Waals surface area contributed by atoms with Crippen LogP contribution in [0.4, 0.5) is 0 Å². The van der Waals surface area contributed by atoms with E-state index in [1.54, 1.807) is 22.8 Å². The smallest absolute Gasteiger partial charge is 0.408 e. The third-order valence-corrected chi connectivity index (χ3v) is 3.76. The van der Waals surface area contributed by atoms with Crippen molar-refractivity contribution >= 4 is 16.9 Å². The second kappa shape index (κ2) is 6.02.